The first-order valence-corrected chi connectivity index (χ1v) is 6.77. The summed E-state index contributed by atoms with van der Waals surface area (Å²) in [6, 6.07) is 5.86. The molecule has 2 aromatic rings. The topological polar surface area (TPSA) is 29.9 Å². The van der Waals surface area contributed by atoms with E-state index < -0.39 is 0 Å². The number of rotatable bonds is 4. The minimum absolute atomic E-state index is 0.771. The van der Waals surface area contributed by atoms with Crippen LogP contribution in [0.3, 0.4) is 0 Å². The SMILES string of the molecule is Cn1cc(CCNc2ccc(Cl)cc2I)cn1. The average molecular weight is 362 g/mol. The van der Waals surface area contributed by atoms with Crippen molar-refractivity contribution in [1.82, 2.24) is 9.78 Å². The van der Waals surface area contributed by atoms with Gasteiger partial charge in [0.1, 0.15) is 0 Å². The lowest BCUT2D eigenvalue weighted by Gasteiger charge is -2.07. The van der Waals surface area contributed by atoms with Gasteiger partial charge in [-0.05, 0) is 52.8 Å². The number of hydrogen-bond acceptors (Lipinski definition) is 2. The zero-order valence-corrected chi connectivity index (χ0v) is 12.4. The fourth-order valence-electron chi connectivity index (χ4n) is 1.58. The lowest BCUT2D eigenvalue weighted by atomic mass is 10.2. The molecule has 0 fully saturated rings. The number of halogens is 2. The first-order chi connectivity index (χ1) is 8.15. The molecule has 0 amide bonds. The quantitative estimate of drug-likeness (QED) is 0.847. The fourth-order valence-corrected chi connectivity index (χ4v) is 2.64. The smallest absolute Gasteiger partial charge is 0.0522 e. The van der Waals surface area contributed by atoms with Crippen molar-refractivity contribution < 1.29 is 0 Å². The van der Waals surface area contributed by atoms with Gasteiger partial charge in [-0.25, -0.2) is 0 Å². The molecule has 1 aromatic carbocycles. The molecule has 5 heteroatoms. The third-order valence-electron chi connectivity index (χ3n) is 2.42. The summed E-state index contributed by atoms with van der Waals surface area (Å²) in [7, 11) is 1.93. The molecule has 1 aromatic heterocycles. The van der Waals surface area contributed by atoms with Gasteiger partial charge in [0, 0.05) is 34.1 Å². The third-order valence-corrected chi connectivity index (χ3v) is 3.55. The maximum Gasteiger partial charge on any atom is 0.0522 e. The Balaban J connectivity index is 1.90. The minimum atomic E-state index is 0.771. The Morgan fingerprint density at radius 1 is 1.47 bits per heavy atom. The highest BCUT2D eigenvalue weighted by atomic mass is 127. The van der Waals surface area contributed by atoms with E-state index in [0.29, 0.717) is 0 Å². The summed E-state index contributed by atoms with van der Waals surface area (Å²) >= 11 is 8.19. The lowest BCUT2D eigenvalue weighted by Crippen LogP contribution is -2.05. The Labute approximate surface area is 119 Å². The van der Waals surface area contributed by atoms with Crippen molar-refractivity contribution >= 4 is 39.9 Å². The second-order valence-corrected chi connectivity index (χ2v) is 5.42. The van der Waals surface area contributed by atoms with Crippen LogP contribution in [0.4, 0.5) is 5.69 Å². The van der Waals surface area contributed by atoms with Gasteiger partial charge in [-0.1, -0.05) is 11.6 Å². The summed E-state index contributed by atoms with van der Waals surface area (Å²) in [4.78, 5) is 0. The van der Waals surface area contributed by atoms with Gasteiger partial charge in [0.25, 0.3) is 0 Å². The van der Waals surface area contributed by atoms with Gasteiger partial charge < -0.3 is 5.32 Å². The van der Waals surface area contributed by atoms with Gasteiger partial charge in [0.05, 0.1) is 6.20 Å². The molecule has 0 unspecified atom stereocenters. The van der Waals surface area contributed by atoms with E-state index >= 15 is 0 Å². The number of benzene rings is 1. The molecule has 0 atom stereocenters. The Bertz CT molecular complexity index is 510. The van der Waals surface area contributed by atoms with E-state index in [0.717, 1.165) is 27.2 Å². The van der Waals surface area contributed by atoms with E-state index in [9.17, 15) is 0 Å². The van der Waals surface area contributed by atoms with Gasteiger partial charge in [-0.3, -0.25) is 4.68 Å². The summed E-state index contributed by atoms with van der Waals surface area (Å²) < 4.78 is 2.96. The highest BCUT2D eigenvalue weighted by Crippen LogP contribution is 2.22. The van der Waals surface area contributed by atoms with E-state index in [1.807, 2.05) is 42.3 Å². The van der Waals surface area contributed by atoms with E-state index in [4.69, 9.17) is 11.6 Å². The first-order valence-electron chi connectivity index (χ1n) is 5.31. The Morgan fingerprint density at radius 2 is 2.29 bits per heavy atom. The number of hydrogen-bond donors (Lipinski definition) is 1. The predicted molar refractivity (Wildman–Crippen MR) is 79.6 cm³/mol. The molecular weight excluding hydrogens is 349 g/mol. The zero-order valence-electron chi connectivity index (χ0n) is 9.45. The summed E-state index contributed by atoms with van der Waals surface area (Å²) in [6.45, 7) is 0.892. The number of nitrogens with one attached hydrogen (secondary N) is 1. The second kappa shape index (κ2) is 5.73. The van der Waals surface area contributed by atoms with Gasteiger partial charge in [0.2, 0.25) is 0 Å². The summed E-state index contributed by atoms with van der Waals surface area (Å²) in [5.74, 6) is 0. The van der Waals surface area contributed by atoms with Crippen LogP contribution in [0.2, 0.25) is 5.02 Å². The maximum absolute atomic E-state index is 5.91. The Hall–Kier alpha value is -0.750. The average Bonchev–Trinajstić information content (AvgIpc) is 2.68. The van der Waals surface area contributed by atoms with Crippen LogP contribution in [-0.4, -0.2) is 16.3 Å². The zero-order chi connectivity index (χ0) is 12.3. The van der Waals surface area contributed by atoms with E-state index in [2.05, 4.69) is 33.0 Å². The van der Waals surface area contributed by atoms with E-state index in [1.165, 1.54) is 5.56 Å². The van der Waals surface area contributed by atoms with Crippen LogP contribution >= 0.6 is 34.2 Å². The van der Waals surface area contributed by atoms with Gasteiger partial charge in [0.15, 0.2) is 0 Å². The number of aryl methyl sites for hydroxylation is 1. The van der Waals surface area contributed by atoms with Crippen molar-refractivity contribution in [3.05, 3.63) is 44.7 Å². The number of anilines is 1. The normalized spacial score (nSPS) is 10.5. The second-order valence-electron chi connectivity index (χ2n) is 3.82. The van der Waals surface area contributed by atoms with E-state index in [-0.39, 0.29) is 0 Å². The molecule has 0 spiro atoms. The highest BCUT2D eigenvalue weighted by molar-refractivity contribution is 14.1. The minimum Gasteiger partial charge on any atom is -0.384 e. The van der Waals surface area contributed by atoms with Crippen LogP contribution in [0.25, 0.3) is 0 Å². The van der Waals surface area contributed by atoms with Crippen LogP contribution in [0.1, 0.15) is 5.56 Å². The van der Waals surface area contributed by atoms with Crippen LogP contribution in [0.15, 0.2) is 30.6 Å². The molecule has 0 aliphatic heterocycles. The van der Waals surface area contributed by atoms with Crippen LogP contribution in [0, 0.1) is 3.57 Å². The van der Waals surface area contributed by atoms with Gasteiger partial charge in [-0.15, -0.1) is 0 Å². The Morgan fingerprint density at radius 3 is 2.94 bits per heavy atom. The molecule has 0 aliphatic rings. The lowest BCUT2D eigenvalue weighted by molar-refractivity contribution is 0.767. The van der Waals surface area contributed by atoms with Crippen molar-refractivity contribution in [2.45, 2.75) is 6.42 Å². The molecule has 1 N–H and O–H groups in total. The third kappa shape index (κ3) is 3.61. The monoisotopic (exact) mass is 361 g/mol. The summed E-state index contributed by atoms with van der Waals surface area (Å²) in [6.07, 6.45) is 4.90. The molecule has 17 heavy (non-hydrogen) atoms. The van der Waals surface area contributed by atoms with E-state index in [1.54, 1.807) is 0 Å². The summed E-state index contributed by atoms with van der Waals surface area (Å²) in [5, 5.41) is 8.31. The van der Waals surface area contributed by atoms with Crippen molar-refractivity contribution in [3.8, 4) is 0 Å². The van der Waals surface area contributed by atoms with Crippen molar-refractivity contribution in [1.29, 1.82) is 0 Å². The molecule has 0 saturated heterocycles. The predicted octanol–water partition coefficient (Wildman–Crippen LogP) is 3.33. The van der Waals surface area contributed by atoms with Gasteiger partial charge >= 0.3 is 0 Å². The largest absolute Gasteiger partial charge is 0.384 e. The molecule has 90 valence electrons. The molecule has 3 nitrogen and oxygen atoms in total. The molecule has 0 radical (unpaired) electrons. The molecule has 0 aliphatic carbocycles. The molecule has 2 rings (SSSR count). The molecule has 1 heterocycles. The first kappa shape index (κ1) is 12.7. The molecule has 0 saturated carbocycles. The van der Waals surface area contributed by atoms with Gasteiger partial charge in [-0.2, -0.15) is 5.10 Å². The van der Waals surface area contributed by atoms with Crippen molar-refractivity contribution in [2.75, 3.05) is 11.9 Å². The Kier molecular flexibility index (Phi) is 4.28. The summed E-state index contributed by atoms with van der Waals surface area (Å²) in [5.41, 5.74) is 2.36. The van der Waals surface area contributed by atoms with Crippen molar-refractivity contribution in [2.24, 2.45) is 7.05 Å². The molecular formula is C12H13ClIN3. The maximum atomic E-state index is 5.91. The standard InChI is InChI=1S/C12H13ClIN3/c1-17-8-9(7-16-17)4-5-15-12-3-2-10(13)6-11(12)14/h2-3,6-8,15H,4-5H2,1H3. The van der Waals surface area contributed by atoms with Crippen LogP contribution in [-0.2, 0) is 13.5 Å². The highest BCUT2D eigenvalue weighted by Gasteiger charge is 2.00. The molecule has 0 bridgehead atoms. The van der Waals surface area contributed by atoms with Crippen molar-refractivity contribution in [3.63, 3.8) is 0 Å². The van der Waals surface area contributed by atoms with Crippen LogP contribution in [0.5, 0.6) is 0 Å². The number of nitrogens with zero attached hydrogens (tertiary/aromatic N) is 2. The number of aromatic nitrogens is 2. The fraction of sp³-hybridized carbons (Fsp3) is 0.250. The van der Waals surface area contributed by atoms with Crippen LogP contribution < -0.4 is 5.32 Å².